The minimum absolute atomic E-state index is 0.0375. The van der Waals surface area contributed by atoms with Gasteiger partial charge in [-0.3, -0.25) is 14.4 Å². The van der Waals surface area contributed by atoms with E-state index in [0.717, 1.165) is 28.2 Å². The average Bonchev–Trinajstić information content (AvgIpc) is 3.68. The zero-order valence-electron chi connectivity index (χ0n) is 32.5. The Labute approximate surface area is 313 Å². The predicted octanol–water partition coefficient (Wildman–Crippen LogP) is 3.49. The number of aromatic nitrogens is 1. The van der Waals surface area contributed by atoms with Crippen LogP contribution >= 0.6 is 11.3 Å². The van der Waals surface area contributed by atoms with E-state index in [1.807, 2.05) is 92.2 Å². The molecule has 4 atom stereocenters. The number of thiazole rings is 1. The highest BCUT2D eigenvalue weighted by atomic mass is 32.1. The molecule has 3 amide bonds. The molecule has 4 N–H and O–H groups in total. The summed E-state index contributed by atoms with van der Waals surface area (Å²) in [6, 6.07) is 6.63. The van der Waals surface area contributed by atoms with Crippen LogP contribution in [0.4, 0.5) is 0 Å². The van der Waals surface area contributed by atoms with Crippen molar-refractivity contribution in [1.29, 1.82) is 0 Å². The third kappa shape index (κ3) is 11.8. The van der Waals surface area contributed by atoms with Gasteiger partial charge in [0.15, 0.2) is 0 Å². The monoisotopic (exact) mass is 747 g/mol. The van der Waals surface area contributed by atoms with Gasteiger partial charge in [0.1, 0.15) is 18.2 Å². The number of likely N-dealkylation sites (tertiary alicyclic amines) is 1. The van der Waals surface area contributed by atoms with Gasteiger partial charge < -0.3 is 44.9 Å². The molecule has 14 heteroatoms. The normalized spacial score (nSPS) is 19.0. The van der Waals surface area contributed by atoms with E-state index in [-0.39, 0.29) is 44.7 Å². The maximum Gasteiger partial charge on any atom is 0.247 e. The van der Waals surface area contributed by atoms with Crippen LogP contribution in [0.5, 0.6) is 0 Å². The van der Waals surface area contributed by atoms with Gasteiger partial charge in [0.05, 0.1) is 74.5 Å². The molecule has 2 heterocycles. The number of hydrogen-bond acceptors (Lipinski definition) is 11. The third-order valence-electron chi connectivity index (χ3n) is 9.30. The fourth-order valence-corrected chi connectivity index (χ4v) is 7.15. The van der Waals surface area contributed by atoms with E-state index < -0.39 is 40.3 Å². The summed E-state index contributed by atoms with van der Waals surface area (Å²) >= 11 is 1.58. The van der Waals surface area contributed by atoms with E-state index in [9.17, 15) is 19.5 Å². The van der Waals surface area contributed by atoms with Gasteiger partial charge in [-0.15, -0.1) is 11.3 Å². The third-order valence-corrected chi connectivity index (χ3v) is 10.3. The van der Waals surface area contributed by atoms with E-state index in [4.69, 9.17) is 18.9 Å². The van der Waals surface area contributed by atoms with E-state index in [2.05, 4.69) is 20.9 Å². The smallest absolute Gasteiger partial charge is 0.247 e. The number of aliphatic hydroxyl groups excluding tert-OH is 1. The highest BCUT2D eigenvalue weighted by molar-refractivity contribution is 7.13. The van der Waals surface area contributed by atoms with Gasteiger partial charge in [-0.1, -0.05) is 65.8 Å². The summed E-state index contributed by atoms with van der Waals surface area (Å²) in [6.07, 6.45) is -0.860. The lowest BCUT2D eigenvalue weighted by Gasteiger charge is -2.48. The Bertz CT molecular complexity index is 1420. The van der Waals surface area contributed by atoms with Crippen molar-refractivity contribution >= 4 is 29.1 Å². The first-order valence-electron chi connectivity index (χ1n) is 18.1. The van der Waals surface area contributed by atoms with Gasteiger partial charge in [-0.05, 0) is 42.9 Å². The minimum Gasteiger partial charge on any atom is -0.391 e. The maximum absolute atomic E-state index is 14.5. The van der Waals surface area contributed by atoms with Crippen LogP contribution in [0.1, 0.15) is 72.2 Å². The summed E-state index contributed by atoms with van der Waals surface area (Å²) in [7, 11) is 1.87. The Morgan fingerprint density at radius 3 is 2.04 bits per heavy atom. The number of nitrogens with zero attached hydrogens (tertiary/aromatic N) is 2. The van der Waals surface area contributed by atoms with Crippen LogP contribution in [0.15, 0.2) is 29.8 Å². The number of benzene rings is 1. The zero-order valence-corrected chi connectivity index (χ0v) is 33.3. The molecule has 1 aliphatic rings. The van der Waals surface area contributed by atoms with Gasteiger partial charge in [0.25, 0.3) is 0 Å². The van der Waals surface area contributed by atoms with Crippen LogP contribution in [0.2, 0.25) is 0 Å². The molecule has 2 aromatic rings. The van der Waals surface area contributed by atoms with Crippen molar-refractivity contribution in [3.8, 4) is 10.4 Å². The van der Waals surface area contributed by atoms with Crippen molar-refractivity contribution in [2.75, 3.05) is 73.0 Å². The molecule has 0 aliphatic carbocycles. The number of likely N-dealkylation sites (N-methyl/N-ethyl adjacent to an activating group) is 1. The Hall–Kier alpha value is -2.98. The molecule has 1 saturated heterocycles. The summed E-state index contributed by atoms with van der Waals surface area (Å²) < 4.78 is 21.9. The molecule has 292 valence electrons. The lowest BCUT2D eigenvalue weighted by atomic mass is 9.70. The Balaban J connectivity index is 1.61. The molecule has 0 bridgehead atoms. The predicted molar refractivity (Wildman–Crippen MR) is 202 cm³/mol. The first-order valence-corrected chi connectivity index (χ1v) is 19.0. The summed E-state index contributed by atoms with van der Waals surface area (Å²) in [5, 5.41) is 20.1. The van der Waals surface area contributed by atoms with E-state index in [1.165, 1.54) is 4.90 Å². The van der Waals surface area contributed by atoms with Gasteiger partial charge in [-0.2, -0.15) is 0 Å². The highest BCUT2D eigenvalue weighted by Gasteiger charge is 2.61. The topological polar surface area (TPSA) is 161 Å². The van der Waals surface area contributed by atoms with Gasteiger partial charge in [0, 0.05) is 19.5 Å². The highest BCUT2D eigenvalue weighted by Crippen LogP contribution is 2.45. The molecule has 3 rings (SSSR count). The van der Waals surface area contributed by atoms with Crippen LogP contribution in [0.3, 0.4) is 0 Å². The number of rotatable bonds is 20. The molecule has 1 aromatic heterocycles. The largest absolute Gasteiger partial charge is 0.391 e. The molecule has 0 unspecified atom stereocenters. The lowest BCUT2D eigenvalue weighted by molar-refractivity contribution is -0.156. The van der Waals surface area contributed by atoms with Crippen molar-refractivity contribution in [3.05, 3.63) is 41.0 Å². The zero-order chi connectivity index (χ0) is 38.5. The second kappa shape index (κ2) is 19.9. The van der Waals surface area contributed by atoms with Crippen molar-refractivity contribution in [1.82, 2.24) is 25.8 Å². The van der Waals surface area contributed by atoms with Crippen molar-refractivity contribution in [2.45, 2.75) is 85.5 Å². The van der Waals surface area contributed by atoms with E-state index >= 15 is 0 Å². The van der Waals surface area contributed by atoms with Crippen molar-refractivity contribution < 1.29 is 38.4 Å². The van der Waals surface area contributed by atoms with E-state index in [1.54, 1.807) is 11.3 Å². The number of β-amino-alcohol motifs (C(OH)–C–C–N with tert-alkyl or cyclic N) is 1. The Morgan fingerprint density at radius 2 is 1.52 bits per heavy atom. The fraction of sp³-hybridized carbons (Fsp3) is 0.684. The fourth-order valence-electron chi connectivity index (χ4n) is 6.33. The Morgan fingerprint density at radius 1 is 0.942 bits per heavy atom. The number of nitrogens with one attached hydrogen (secondary N) is 3. The van der Waals surface area contributed by atoms with Crippen molar-refractivity contribution in [3.63, 3.8) is 0 Å². The molecule has 0 spiro atoms. The molecule has 0 radical (unpaired) electrons. The number of carbonyl (C=O) groups is 3. The van der Waals surface area contributed by atoms with Crippen molar-refractivity contribution in [2.24, 2.45) is 10.8 Å². The first-order chi connectivity index (χ1) is 24.5. The first kappa shape index (κ1) is 43.4. The molecular weight excluding hydrogens is 687 g/mol. The SMILES string of the molecule is CNCCOCCOCCOCCOCC(=O)N[C@H](C(=O)N1C[C@H](O)C[C@@]1(C(=O)N[C@@H](C)c1ccc(-c2scnc2C)cc1)C(C)(C)C)C(C)(C)C. The van der Waals surface area contributed by atoms with Crippen LogP contribution < -0.4 is 16.0 Å². The molecule has 1 aromatic carbocycles. The maximum atomic E-state index is 14.5. The lowest BCUT2D eigenvalue weighted by Crippen LogP contribution is -2.68. The van der Waals surface area contributed by atoms with Crippen LogP contribution in [-0.4, -0.2) is 123 Å². The quantitative estimate of drug-likeness (QED) is 0.148. The number of carbonyl (C=O) groups excluding carboxylic acids is 3. The second-order valence-electron chi connectivity index (χ2n) is 15.4. The second-order valence-corrected chi connectivity index (χ2v) is 16.2. The summed E-state index contributed by atoms with van der Waals surface area (Å²) in [6.45, 7) is 18.5. The molecule has 1 aliphatic heterocycles. The number of hydrogen-bond donors (Lipinski definition) is 4. The molecular formula is C38H61N5O8S. The van der Waals surface area contributed by atoms with Gasteiger partial charge in [-0.25, -0.2) is 4.98 Å². The summed E-state index contributed by atoms with van der Waals surface area (Å²) in [4.78, 5) is 48.9. The Kier molecular flexibility index (Phi) is 16.6. The summed E-state index contributed by atoms with van der Waals surface area (Å²) in [5.74, 6) is -1.26. The van der Waals surface area contributed by atoms with Gasteiger partial charge in [0.2, 0.25) is 17.7 Å². The molecule has 0 saturated carbocycles. The van der Waals surface area contributed by atoms with Crippen LogP contribution in [-0.2, 0) is 33.3 Å². The standard InChI is InChI=1S/C38H61N5O8S/c1-26(28-10-12-29(13-11-28)32-27(2)40-25-52-32)41-35(47)38(37(6,7)8)22-30(44)23-43(38)34(46)33(36(3,4)5)42-31(45)24-51-21-20-50-19-18-49-17-16-48-15-14-39-9/h10-13,25-26,30,33,39,44H,14-24H2,1-9H3,(H,41,47)(H,42,45)/t26-,30+,33+,38+/m0/s1. The molecule has 13 nitrogen and oxygen atoms in total. The van der Waals surface area contributed by atoms with Crippen LogP contribution in [0.25, 0.3) is 10.4 Å². The average molecular weight is 748 g/mol. The number of aliphatic hydroxyl groups is 1. The summed E-state index contributed by atoms with van der Waals surface area (Å²) in [5.41, 5.74) is 1.88. The minimum atomic E-state index is -1.39. The number of ether oxygens (including phenoxy) is 4. The molecule has 52 heavy (non-hydrogen) atoms. The van der Waals surface area contributed by atoms with Crippen LogP contribution in [0, 0.1) is 17.8 Å². The van der Waals surface area contributed by atoms with E-state index in [0.29, 0.717) is 33.0 Å². The number of amides is 3. The number of aryl methyl sites for hydroxylation is 1. The van der Waals surface area contributed by atoms with Gasteiger partial charge >= 0.3 is 0 Å². The molecule has 1 fully saturated rings.